The summed E-state index contributed by atoms with van der Waals surface area (Å²) in [4.78, 5) is 13.8. The maximum atomic E-state index is 11.8. The Labute approximate surface area is 107 Å². The summed E-state index contributed by atoms with van der Waals surface area (Å²) < 4.78 is 0. The van der Waals surface area contributed by atoms with E-state index < -0.39 is 0 Å². The number of Topliss-reactive ketones (excluding diaryl/α,β-unsaturated/α-hetero) is 1. The van der Waals surface area contributed by atoms with Crippen LogP contribution in [0.15, 0.2) is 24.3 Å². The SMILES string of the molecule is CC(CO)N(C)CCC(=O)c1ccc(Cl)cc1. The van der Waals surface area contributed by atoms with Crippen molar-refractivity contribution in [1.82, 2.24) is 4.90 Å². The first-order chi connectivity index (χ1) is 8.04. The van der Waals surface area contributed by atoms with Gasteiger partial charge in [-0.1, -0.05) is 11.6 Å². The zero-order valence-electron chi connectivity index (χ0n) is 10.2. The average molecular weight is 256 g/mol. The van der Waals surface area contributed by atoms with Crippen molar-refractivity contribution in [3.05, 3.63) is 34.9 Å². The Balaban J connectivity index is 2.47. The van der Waals surface area contributed by atoms with Gasteiger partial charge in [0.1, 0.15) is 0 Å². The first-order valence-corrected chi connectivity index (χ1v) is 6.02. The number of benzene rings is 1. The van der Waals surface area contributed by atoms with Gasteiger partial charge in [-0.05, 0) is 38.2 Å². The number of hydrogen-bond acceptors (Lipinski definition) is 3. The van der Waals surface area contributed by atoms with Gasteiger partial charge in [0.2, 0.25) is 0 Å². The molecule has 0 spiro atoms. The van der Waals surface area contributed by atoms with Crippen molar-refractivity contribution in [1.29, 1.82) is 0 Å². The number of aliphatic hydroxyl groups is 1. The molecule has 0 aromatic heterocycles. The van der Waals surface area contributed by atoms with Crippen molar-refractivity contribution in [2.24, 2.45) is 0 Å². The van der Waals surface area contributed by atoms with Crippen LogP contribution in [0.4, 0.5) is 0 Å². The first kappa shape index (κ1) is 14.2. The molecule has 1 unspecified atom stereocenters. The minimum Gasteiger partial charge on any atom is -0.395 e. The van der Waals surface area contributed by atoms with Gasteiger partial charge in [0, 0.05) is 29.6 Å². The molecule has 0 bridgehead atoms. The number of likely N-dealkylation sites (N-methyl/N-ethyl adjacent to an activating group) is 1. The molecule has 0 aliphatic heterocycles. The second-order valence-corrected chi connectivity index (χ2v) is 4.63. The highest BCUT2D eigenvalue weighted by atomic mass is 35.5. The number of halogens is 1. The highest BCUT2D eigenvalue weighted by molar-refractivity contribution is 6.30. The molecular formula is C13H18ClNO2. The third-order valence-corrected chi connectivity index (χ3v) is 3.13. The summed E-state index contributed by atoms with van der Waals surface area (Å²) in [7, 11) is 1.90. The molecule has 0 amide bonds. The van der Waals surface area contributed by atoms with Gasteiger partial charge in [0.05, 0.1) is 6.61 Å². The monoisotopic (exact) mass is 255 g/mol. The van der Waals surface area contributed by atoms with E-state index in [4.69, 9.17) is 16.7 Å². The van der Waals surface area contributed by atoms with Crippen molar-refractivity contribution in [2.45, 2.75) is 19.4 Å². The minimum absolute atomic E-state index is 0.0769. The molecule has 1 N–H and O–H groups in total. The van der Waals surface area contributed by atoms with Crippen molar-refractivity contribution in [3.8, 4) is 0 Å². The Morgan fingerprint density at radius 1 is 1.41 bits per heavy atom. The van der Waals surface area contributed by atoms with E-state index in [2.05, 4.69) is 0 Å². The second kappa shape index (κ2) is 6.74. The van der Waals surface area contributed by atoms with Gasteiger partial charge in [-0.2, -0.15) is 0 Å². The lowest BCUT2D eigenvalue weighted by Crippen LogP contribution is -2.33. The van der Waals surface area contributed by atoms with E-state index in [1.165, 1.54) is 0 Å². The minimum atomic E-state index is 0.0769. The van der Waals surface area contributed by atoms with E-state index in [1.54, 1.807) is 24.3 Å². The van der Waals surface area contributed by atoms with E-state index in [0.717, 1.165) is 0 Å². The third kappa shape index (κ3) is 4.46. The van der Waals surface area contributed by atoms with Crippen molar-refractivity contribution >= 4 is 17.4 Å². The molecule has 94 valence electrons. The quantitative estimate of drug-likeness (QED) is 0.793. The summed E-state index contributed by atoms with van der Waals surface area (Å²) in [5.41, 5.74) is 0.680. The van der Waals surface area contributed by atoms with Crippen LogP contribution >= 0.6 is 11.6 Å². The lowest BCUT2D eigenvalue weighted by molar-refractivity contribution is 0.0946. The van der Waals surface area contributed by atoms with Crippen LogP contribution in [0.5, 0.6) is 0 Å². The van der Waals surface area contributed by atoms with Crippen molar-refractivity contribution in [3.63, 3.8) is 0 Å². The molecule has 0 aliphatic carbocycles. The molecule has 1 rings (SSSR count). The number of carbonyl (C=O) groups is 1. The van der Waals surface area contributed by atoms with Crippen LogP contribution in [-0.2, 0) is 0 Å². The van der Waals surface area contributed by atoms with Crippen LogP contribution in [0.2, 0.25) is 5.02 Å². The molecule has 0 heterocycles. The summed E-state index contributed by atoms with van der Waals surface area (Å²) in [6, 6.07) is 6.98. The molecule has 4 heteroatoms. The summed E-state index contributed by atoms with van der Waals surface area (Å²) in [6.07, 6.45) is 0.447. The van der Waals surface area contributed by atoms with E-state index in [1.807, 2.05) is 18.9 Å². The molecule has 0 saturated heterocycles. The van der Waals surface area contributed by atoms with Gasteiger partial charge in [-0.15, -0.1) is 0 Å². The third-order valence-electron chi connectivity index (χ3n) is 2.87. The smallest absolute Gasteiger partial charge is 0.164 e. The van der Waals surface area contributed by atoms with E-state index in [0.29, 0.717) is 23.6 Å². The standard InChI is InChI=1S/C13H18ClNO2/c1-10(9-16)15(2)8-7-13(17)11-3-5-12(14)6-4-11/h3-6,10,16H,7-9H2,1-2H3. The number of nitrogens with zero attached hydrogens (tertiary/aromatic N) is 1. The predicted molar refractivity (Wildman–Crippen MR) is 69.6 cm³/mol. The summed E-state index contributed by atoms with van der Waals surface area (Å²) in [6.45, 7) is 2.67. The predicted octanol–water partition coefficient (Wildman–Crippen LogP) is 2.23. The Morgan fingerprint density at radius 2 is 2.00 bits per heavy atom. The average Bonchev–Trinajstić information content (AvgIpc) is 2.35. The molecule has 1 atom stereocenters. The lowest BCUT2D eigenvalue weighted by Gasteiger charge is -2.22. The Bertz CT molecular complexity index is 364. The van der Waals surface area contributed by atoms with Crippen LogP contribution in [0.25, 0.3) is 0 Å². The maximum absolute atomic E-state index is 11.8. The van der Waals surface area contributed by atoms with Crippen LogP contribution in [0.3, 0.4) is 0 Å². The van der Waals surface area contributed by atoms with Crippen LogP contribution in [0.1, 0.15) is 23.7 Å². The van der Waals surface area contributed by atoms with E-state index >= 15 is 0 Å². The molecule has 1 aromatic carbocycles. The summed E-state index contributed by atoms with van der Waals surface area (Å²) >= 11 is 5.76. The maximum Gasteiger partial charge on any atom is 0.164 e. The summed E-state index contributed by atoms with van der Waals surface area (Å²) in [5.74, 6) is 0.0960. The fourth-order valence-corrected chi connectivity index (χ4v) is 1.54. The number of aliphatic hydroxyl groups excluding tert-OH is 1. The first-order valence-electron chi connectivity index (χ1n) is 5.64. The van der Waals surface area contributed by atoms with Crippen LogP contribution in [-0.4, -0.2) is 42.0 Å². The largest absolute Gasteiger partial charge is 0.395 e. The lowest BCUT2D eigenvalue weighted by atomic mass is 10.1. The highest BCUT2D eigenvalue weighted by Gasteiger charge is 2.11. The zero-order valence-corrected chi connectivity index (χ0v) is 10.9. The van der Waals surface area contributed by atoms with Gasteiger partial charge in [0.15, 0.2) is 5.78 Å². The normalized spacial score (nSPS) is 12.8. The Kier molecular flexibility index (Phi) is 5.62. The van der Waals surface area contributed by atoms with E-state index in [9.17, 15) is 4.79 Å². The van der Waals surface area contributed by atoms with Gasteiger partial charge < -0.3 is 10.0 Å². The number of carbonyl (C=O) groups excluding carboxylic acids is 1. The second-order valence-electron chi connectivity index (χ2n) is 4.19. The molecule has 0 aliphatic rings. The molecule has 0 fully saturated rings. The topological polar surface area (TPSA) is 40.5 Å². The fourth-order valence-electron chi connectivity index (χ4n) is 1.42. The Morgan fingerprint density at radius 3 is 2.53 bits per heavy atom. The van der Waals surface area contributed by atoms with Crippen LogP contribution < -0.4 is 0 Å². The molecule has 0 saturated carbocycles. The van der Waals surface area contributed by atoms with Gasteiger partial charge in [-0.3, -0.25) is 4.79 Å². The van der Waals surface area contributed by atoms with Crippen LogP contribution in [0, 0.1) is 0 Å². The fraction of sp³-hybridized carbons (Fsp3) is 0.462. The van der Waals surface area contributed by atoms with Gasteiger partial charge >= 0.3 is 0 Å². The molecule has 17 heavy (non-hydrogen) atoms. The molecule has 1 aromatic rings. The molecule has 0 radical (unpaired) electrons. The number of ketones is 1. The zero-order chi connectivity index (χ0) is 12.8. The highest BCUT2D eigenvalue weighted by Crippen LogP contribution is 2.11. The van der Waals surface area contributed by atoms with E-state index in [-0.39, 0.29) is 18.4 Å². The number of hydrogen-bond donors (Lipinski definition) is 1. The number of rotatable bonds is 6. The molecule has 3 nitrogen and oxygen atoms in total. The van der Waals surface area contributed by atoms with Gasteiger partial charge in [0.25, 0.3) is 0 Å². The van der Waals surface area contributed by atoms with Crippen molar-refractivity contribution < 1.29 is 9.90 Å². The molecular weight excluding hydrogens is 238 g/mol. The van der Waals surface area contributed by atoms with Crippen molar-refractivity contribution in [2.75, 3.05) is 20.2 Å². The summed E-state index contributed by atoms with van der Waals surface area (Å²) in [5, 5.41) is 9.61. The van der Waals surface area contributed by atoms with Gasteiger partial charge in [-0.25, -0.2) is 0 Å². The Hall–Kier alpha value is -0.900.